The van der Waals surface area contributed by atoms with Gasteiger partial charge in [0.25, 0.3) is 5.91 Å². The highest BCUT2D eigenvalue weighted by molar-refractivity contribution is 5.94. The van der Waals surface area contributed by atoms with E-state index >= 15 is 0 Å². The molecule has 0 radical (unpaired) electrons. The summed E-state index contributed by atoms with van der Waals surface area (Å²) in [4.78, 5) is 44.9. The van der Waals surface area contributed by atoms with Crippen LogP contribution in [0.1, 0.15) is 49.9 Å². The monoisotopic (exact) mass is 476 g/mol. The quantitative estimate of drug-likeness (QED) is 0.612. The van der Waals surface area contributed by atoms with Crippen LogP contribution >= 0.6 is 0 Å². The van der Waals surface area contributed by atoms with Crippen molar-refractivity contribution in [3.8, 4) is 5.88 Å². The van der Waals surface area contributed by atoms with Crippen molar-refractivity contribution in [1.29, 1.82) is 0 Å². The van der Waals surface area contributed by atoms with Gasteiger partial charge >= 0.3 is 6.09 Å². The molecule has 0 bridgehead atoms. The van der Waals surface area contributed by atoms with Crippen molar-refractivity contribution in [2.75, 3.05) is 19.6 Å². The van der Waals surface area contributed by atoms with Crippen LogP contribution in [0, 0.1) is 0 Å². The molecule has 0 spiro atoms. The number of nitrogens with zero attached hydrogens (tertiary/aromatic N) is 5. The molecule has 0 saturated carbocycles. The zero-order chi connectivity index (χ0) is 24.6. The van der Waals surface area contributed by atoms with Gasteiger partial charge in [-0.25, -0.2) is 19.7 Å². The van der Waals surface area contributed by atoms with Gasteiger partial charge in [0.2, 0.25) is 5.88 Å². The normalized spacial score (nSPS) is 16.6. The maximum Gasteiger partial charge on any atom is 0.414 e. The molecule has 4 heterocycles. The Kier molecular flexibility index (Phi) is 5.88. The summed E-state index contributed by atoms with van der Waals surface area (Å²) in [6.45, 7) is 6.96. The van der Waals surface area contributed by atoms with Gasteiger partial charge in [0.15, 0.2) is 5.82 Å². The average Bonchev–Trinajstić information content (AvgIpc) is 3.24. The number of ether oxygens (including phenoxy) is 2. The Labute approximate surface area is 203 Å². The summed E-state index contributed by atoms with van der Waals surface area (Å²) >= 11 is 0. The lowest BCUT2D eigenvalue weighted by molar-refractivity contribution is 0.0149. The van der Waals surface area contributed by atoms with Gasteiger partial charge in [0, 0.05) is 25.1 Å². The standard InChI is InChI=1S/C25H28N6O4/c1-25(2,3)35-24(33)30-12-6-7-16(13-30)20-22(27-11-10-26-20)34-17-14-31(15-17)23(32)21-28-18-8-4-5-9-19(18)29-21/h4-5,8-11,13,17H,6-7,12,14-15H2,1-3H3,(H,28,29). The Morgan fingerprint density at radius 3 is 2.66 bits per heavy atom. The third kappa shape index (κ3) is 4.96. The molecule has 0 aliphatic carbocycles. The number of hydrogen-bond donors (Lipinski definition) is 1. The lowest BCUT2D eigenvalue weighted by Crippen LogP contribution is -2.56. The molecule has 1 aromatic carbocycles. The predicted molar refractivity (Wildman–Crippen MR) is 129 cm³/mol. The average molecular weight is 477 g/mol. The number of likely N-dealkylation sites (tertiary alicyclic amines) is 1. The fourth-order valence-corrected chi connectivity index (χ4v) is 4.07. The lowest BCUT2D eigenvalue weighted by atomic mass is 10.0. The Bertz CT molecular complexity index is 1260. The second-order valence-electron chi connectivity index (χ2n) is 9.69. The maximum atomic E-state index is 12.8. The molecule has 1 N–H and O–H groups in total. The predicted octanol–water partition coefficient (Wildman–Crippen LogP) is 3.63. The fourth-order valence-electron chi connectivity index (χ4n) is 4.07. The van der Waals surface area contributed by atoms with Gasteiger partial charge < -0.3 is 19.4 Å². The van der Waals surface area contributed by atoms with E-state index in [4.69, 9.17) is 9.47 Å². The van der Waals surface area contributed by atoms with Crippen molar-refractivity contribution >= 4 is 28.6 Å². The summed E-state index contributed by atoms with van der Waals surface area (Å²) in [6, 6.07) is 7.54. The number of fused-ring (bicyclic) bond motifs is 1. The fraction of sp³-hybridized carbons (Fsp3) is 0.400. The minimum absolute atomic E-state index is 0.164. The van der Waals surface area contributed by atoms with E-state index in [0.29, 0.717) is 37.0 Å². The maximum absolute atomic E-state index is 12.8. The van der Waals surface area contributed by atoms with Gasteiger partial charge in [0.1, 0.15) is 17.4 Å². The summed E-state index contributed by atoms with van der Waals surface area (Å²) < 4.78 is 11.6. The summed E-state index contributed by atoms with van der Waals surface area (Å²) in [5, 5.41) is 0. The Morgan fingerprint density at radius 1 is 1.11 bits per heavy atom. The minimum atomic E-state index is -0.570. The van der Waals surface area contributed by atoms with E-state index in [1.807, 2.05) is 45.0 Å². The molecule has 10 nitrogen and oxygen atoms in total. The van der Waals surface area contributed by atoms with Crippen molar-refractivity contribution in [3.05, 3.63) is 54.4 Å². The van der Waals surface area contributed by atoms with E-state index in [2.05, 4.69) is 19.9 Å². The Morgan fingerprint density at radius 2 is 1.89 bits per heavy atom. The number of H-pyrrole nitrogens is 1. The number of hydrogen-bond acceptors (Lipinski definition) is 7. The molecule has 5 rings (SSSR count). The van der Waals surface area contributed by atoms with Crippen LogP contribution in [0.5, 0.6) is 5.88 Å². The molecule has 0 atom stereocenters. The lowest BCUT2D eigenvalue weighted by Gasteiger charge is -2.38. The smallest absolute Gasteiger partial charge is 0.414 e. The van der Waals surface area contributed by atoms with Crippen molar-refractivity contribution in [2.24, 2.45) is 0 Å². The second-order valence-corrected chi connectivity index (χ2v) is 9.69. The van der Waals surface area contributed by atoms with Gasteiger partial charge in [-0.2, -0.15) is 0 Å². The number of amides is 2. The molecular formula is C25H28N6O4. The number of carbonyl (C=O) groups is 2. The number of aromatic amines is 1. The van der Waals surface area contributed by atoms with E-state index in [1.54, 1.807) is 28.4 Å². The highest BCUT2D eigenvalue weighted by atomic mass is 16.6. The van der Waals surface area contributed by atoms with Crippen LogP contribution in [0.2, 0.25) is 0 Å². The number of carbonyl (C=O) groups excluding carboxylic acids is 2. The third-order valence-corrected chi connectivity index (χ3v) is 5.76. The number of nitrogens with one attached hydrogen (secondary N) is 1. The number of aromatic nitrogens is 4. The first-order valence-electron chi connectivity index (χ1n) is 11.7. The molecule has 2 amide bonds. The second kappa shape index (κ2) is 9.01. The van der Waals surface area contributed by atoms with E-state index < -0.39 is 5.60 Å². The van der Waals surface area contributed by atoms with E-state index in [-0.39, 0.29) is 18.1 Å². The first kappa shape index (κ1) is 22.8. The van der Waals surface area contributed by atoms with E-state index in [1.165, 1.54) is 0 Å². The molecule has 2 aliphatic heterocycles. The number of rotatable bonds is 4. The summed E-state index contributed by atoms with van der Waals surface area (Å²) in [6.07, 6.45) is 5.88. The first-order chi connectivity index (χ1) is 16.8. The molecule has 2 aliphatic rings. The van der Waals surface area contributed by atoms with Gasteiger partial charge in [0.05, 0.1) is 24.1 Å². The van der Waals surface area contributed by atoms with Crippen LogP contribution in [0.4, 0.5) is 4.79 Å². The zero-order valence-corrected chi connectivity index (χ0v) is 20.0. The van der Waals surface area contributed by atoms with Gasteiger partial charge in [-0.05, 0) is 51.3 Å². The SMILES string of the molecule is CC(C)(C)OC(=O)N1C=C(c2nccnc2OC2CN(C(=O)c3nc4ccccc4[nH]3)C2)CCC1. The highest BCUT2D eigenvalue weighted by Gasteiger charge is 2.35. The van der Waals surface area contributed by atoms with E-state index in [9.17, 15) is 9.59 Å². The topological polar surface area (TPSA) is 114 Å². The molecular weight excluding hydrogens is 448 g/mol. The number of benzene rings is 1. The van der Waals surface area contributed by atoms with Crippen LogP contribution in [0.25, 0.3) is 16.6 Å². The van der Waals surface area contributed by atoms with Gasteiger partial charge in [-0.3, -0.25) is 9.69 Å². The Hall–Kier alpha value is -3.95. The highest BCUT2D eigenvalue weighted by Crippen LogP contribution is 2.31. The number of imidazole rings is 1. The van der Waals surface area contributed by atoms with Crippen LogP contribution < -0.4 is 4.74 Å². The first-order valence-corrected chi connectivity index (χ1v) is 11.7. The number of para-hydroxylation sites is 2. The number of allylic oxidation sites excluding steroid dienone is 1. The van der Waals surface area contributed by atoms with Crippen LogP contribution in [0.15, 0.2) is 42.9 Å². The summed E-state index contributed by atoms with van der Waals surface area (Å²) in [5.74, 6) is 0.550. The van der Waals surface area contributed by atoms with Crippen molar-refractivity contribution < 1.29 is 19.1 Å². The van der Waals surface area contributed by atoms with Gasteiger partial charge in [-0.1, -0.05) is 12.1 Å². The van der Waals surface area contributed by atoms with Crippen molar-refractivity contribution in [1.82, 2.24) is 29.7 Å². The Balaban J connectivity index is 1.25. The minimum Gasteiger partial charge on any atom is -0.469 e. The molecule has 3 aromatic rings. The molecule has 10 heteroatoms. The third-order valence-electron chi connectivity index (χ3n) is 5.76. The molecule has 0 unspecified atom stereocenters. The van der Waals surface area contributed by atoms with Crippen LogP contribution in [-0.4, -0.2) is 73.1 Å². The zero-order valence-electron chi connectivity index (χ0n) is 20.0. The molecule has 182 valence electrons. The summed E-state index contributed by atoms with van der Waals surface area (Å²) in [7, 11) is 0. The van der Waals surface area contributed by atoms with Crippen LogP contribution in [0.3, 0.4) is 0 Å². The van der Waals surface area contributed by atoms with Crippen molar-refractivity contribution in [2.45, 2.75) is 45.3 Å². The van der Waals surface area contributed by atoms with E-state index in [0.717, 1.165) is 29.4 Å². The molecule has 1 saturated heterocycles. The largest absolute Gasteiger partial charge is 0.469 e. The molecule has 35 heavy (non-hydrogen) atoms. The van der Waals surface area contributed by atoms with Crippen LogP contribution in [-0.2, 0) is 4.74 Å². The summed E-state index contributed by atoms with van der Waals surface area (Å²) in [5.41, 5.74) is 2.48. The van der Waals surface area contributed by atoms with Gasteiger partial charge in [-0.15, -0.1) is 0 Å². The molecule has 2 aromatic heterocycles. The van der Waals surface area contributed by atoms with Crippen molar-refractivity contribution in [3.63, 3.8) is 0 Å². The molecule has 1 fully saturated rings.